The zero-order valence-electron chi connectivity index (χ0n) is 7.85. The lowest BCUT2D eigenvalue weighted by Crippen LogP contribution is -2.16. The topological polar surface area (TPSA) is 102 Å². The minimum absolute atomic E-state index is 0.0376. The fraction of sp³-hybridized carbons (Fsp3) is 0.250. The van der Waals surface area contributed by atoms with Gasteiger partial charge in [0.25, 0.3) is 0 Å². The fourth-order valence-electron chi connectivity index (χ4n) is 1.08. The van der Waals surface area contributed by atoms with Gasteiger partial charge in [0, 0.05) is 11.8 Å². The van der Waals surface area contributed by atoms with Crippen molar-refractivity contribution in [2.45, 2.75) is 6.42 Å². The quantitative estimate of drug-likeness (QED) is 0.431. The van der Waals surface area contributed by atoms with Gasteiger partial charge in [-0.05, 0) is 6.07 Å². The van der Waals surface area contributed by atoms with Crippen LogP contribution in [0.15, 0.2) is 17.1 Å². The molecule has 0 aliphatic heterocycles. The molecule has 0 aliphatic carbocycles. The molecule has 15 heavy (non-hydrogen) atoms. The van der Waals surface area contributed by atoms with Gasteiger partial charge in [0.2, 0.25) is 0 Å². The summed E-state index contributed by atoms with van der Waals surface area (Å²) < 4.78 is 4.35. The number of nitrogens with zero attached hydrogens (tertiary/aromatic N) is 1. The number of aromatic amines is 1. The summed E-state index contributed by atoms with van der Waals surface area (Å²) >= 11 is 0. The number of esters is 1. The normalized spacial score (nSPS) is 9.67. The lowest BCUT2D eigenvalue weighted by molar-refractivity contribution is -0.387. The van der Waals surface area contributed by atoms with Gasteiger partial charge in [-0.1, -0.05) is 0 Å². The largest absolute Gasteiger partial charge is 0.469 e. The summed E-state index contributed by atoms with van der Waals surface area (Å²) in [6.45, 7) is 0. The summed E-state index contributed by atoms with van der Waals surface area (Å²) in [5, 5.41) is 10.5. The maximum absolute atomic E-state index is 11.1. The van der Waals surface area contributed by atoms with Gasteiger partial charge in [0.1, 0.15) is 0 Å². The molecule has 0 aromatic carbocycles. The van der Waals surface area contributed by atoms with Crippen LogP contribution in [0.25, 0.3) is 0 Å². The van der Waals surface area contributed by atoms with Crippen molar-refractivity contribution in [3.63, 3.8) is 0 Å². The summed E-state index contributed by atoms with van der Waals surface area (Å²) in [5.41, 5.74) is -1.42. The van der Waals surface area contributed by atoms with E-state index >= 15 is 0 Å². The molecule has 0 spiro atoms. The summed E-state index contributed by atoms with van der Waals surface area (Å²) in [7, 11) is 1.17. The predicted molar refractivity (Wildman–Crippen MR) is 49.4 cm³/mol. The first-order chi connectivity index (χ1) is 7.06. The van der Waals surface area contributed by atoms with E-state index in [1.54, 1.807) is 0 Å². The van der Waals surface area contributed by atoms with Crippen molar-refractivity contribution >= 4 is 11.7 Å². The predicted octanol–water partition coefficient (Wildman–Crippen LogP) is -0.00140. The zero-order chi connectivity index (χ0) is 11.4. The van der Waals surface area contributed by atoms with Gasteiger partial charge >= 0.3 is 17.2 Å². The van der Waals surface area contributed by atoms with Gasteiger partial charge in [-0.15, -0.1) is 0 Å². The Morgan fingerprint density at radius 1 is 1.67 bits per heavy atom. The second-order valence-electron chi connectivity index (χ2n) is 2.69. The van der Waals surface area contributed by atoms with Crippen molar-refractivity contribution in [2.75, 3.05) is 7.11 Å². The molecule has 0 bridgehead atoms. The molecule has 1 heterocycles. The molecule has 1 N–H and O–H groups in total. The van der Waals surface area contributed by atoms with E-state index in [4.69, 9.17) is 0 Å². The molecule has 0 saturated heterocycles. The highest BCUT2D eigenvalue weighted by molar-refractivity contribution is 5.73. The van der Waals surface area contributed by atoms with E-state index < -0.39 is 22.1 Å². The Hall–Kier alpha value is -2.18. The molecule has 1 aromatic heterocycles. The standard InChI is InChI=1S/C8H8N2O5/c1-15-6(11)4-5-2-3-9-8(12)7(5)10(13)14/h2-3H,4H2,1H3,(H,9,12). The van der Waals surface area contributed by atoms with Crippen LogP contribution in [0.4, 0.5) is 5.69 Å². The van der Waals surface area contributed by atoms with Crippen LogP contribution < -0.4 is 5.56 Å². The summed E-state index contributed by atoms with van der Waals surface area (Å²) in [5.74, 6) is -0.635. The van der Waals surface area contributed by atoms with Crippen LogP contribution in [0.2, 0.25) is 0 Å². The van der Waals surface area contributed by atoms with Gasteiger partial charge in [0.05, 0.1) is 18.5 Å². The highest BCUT2D eigenvalue weighted by Crippen LogP contribution is 2.12. The zero-order valence-corrected chi connectivity index (χ0v) is 7.85. The van der Waals surface area contributed by atoms with E-state index in [0.29, 0.717) is 0 Å². The number of methoxy groups -OCH3 is 1. The molecular weight excluding hydrogens is 204 g/mol. The van der Waals surface area contributed by atoms with Crippen LogP contribution >= 0.6 is 0 Å². The molecule has 1 aromatic rings. The number of H-pyrrole nitrogens is 1. The molecule has 7 heteroatoms. The van der Waals surface area contributed by atoms with E-state index in [9.17, 15) is 19.7 Å². The number of nitrogens with one attached hydrogen (secondary N) is 1. The number of rotatable bonds is 3. The third-order valence-corrected chi connectivity index (χ3v) is 1.76. The smallest absolute Gasteiger partial charge is 0.337 e. The van der Waals surface area contributed by atoms with Crippen molar-refractivity contribution in [1.82, 2.24) is 4.98 Å². The van der Waals surface area contributed by atoms with Crippen LogP contribution in [-0.4, -0.2) is 23.0 Å². The van der Waals surface area contributed by atoms with Crippen molar-refractivity contribution in [1.29, 1.82) is 0 Å². The van der Waals surface area contributed by atoms with Crippen LogP contribution in [0, 0.1) is 10.1 Å². The third kappa shape index (κ3) is 2.39. The Morgan fingerprint density at radius 2 is 2.33 bits per heavy atom. The Labute approximate surface area is 83.8 Å². The minimum Gasteiger partial charge on any atom is -0.469 e. The Kier molecular flexibility index (Phi) is 3.17. The molecule has 0 saturated carbocycles. The molecule has 80 valence electrons. The lowest BCUT2D eigenvalue weighted by Gasteiger charge is -1.99. The van der Waals surface area contributed by atoms with E-state index in [2.05, 4.69) is 9.72 Å². The molecule has 0 amide bonds. The molecule has 7 nitrogen and oxygen atoms in total. The summed E-state index contributed by atoms with van der Waals surface area (Å²) in [6, 6.07) is 1.30. The molecule has 0 radical (unpaired) electrons. The summed E-state index contributed by atoms with van der Waals surface area (Å²) in [4.78, 5) is 33.9. The average Bonchev–Trinajstić information content (AvgIpc) is 2.17. The minimum atomic E-state index is -0.832. The Morgan fingerprint density at radius 3 is 2.87 bits per heavy atom. The number of hydrogen-bond donors (Lipinski definition) is 1. The first kappa shape index (κ1) is 10.9. The van der Waals surface area contributed by atoms with Gasteiger partial charge in [-0.3, -0.25) is 19.7 Å². The second-order valence-corrected chi connectivity index (χ2v) is 2.69. The SMILES string of the molecule is COC(=O)Cc1cc[nH]c(=O)c1[N+](=O)[O-]. The number of carbonyl (C=O) groups excluding carboxylic acids is 1. The first-order valence-corrected chi connectivity index (χ1v) is 3.98. The first-order valence-electron chi connectivity index (χ1n) is 3.98. The van der Waals surface area contributed by atoms with Gasteiger partial charge in [-0.25, -0.2) is 0 Å². The van der Waals surface area contributed by atoms with Crippen LogP contribution in [0.3, 0.4) is 0 Å². The molecular formula is C8H8N2O5. The monoisotopic (exact) mass is 212 g/mol. The highest BCUT2D eigenvalue weighted by atomic mass is 16.6. The molecule has 0 unspecified atom stereocenters. The van der Waals surface area contributed by atoms with Gasteiger partial charge < -0.3 is 9.72 Å². The highest BCUT2D eigenvalue weighted by Gasteiger charge is 2.20. The number of ether oxygens (including phenoxy) is 1. The summed E-state index contributed by atoms with van der Waals surface area (Å²) in [6.07, 6.45) is 0.949. The van der Waals surface area contributed by atoms with E-state index in [1.165, 1.54) is 19.4 Å². The average molecular weight is 212 g/mol. The third-order valence-electron chi connectivity index (χ3n) is 1.76. The Balaban J connectivity index is 3.18. The lowest BCUT2D eigenvalue weighted by atomic mass is 10.1. The molecule has 0 atom stereocenters. The maximum Gasteiger partial charge on any atom is 0.337 e. The second kappa shape index (κ2) is 4.36. The number of nitro groups is 1. The van der Waals surface area contributed by atoms with Crippen LogP contribution in [0.5, 0.6) is 0 Å². The van der Waals surface area contributed by atoms with Crippen molar-refractivity contribution in [2.24, 2.45) is 0 Å². The van der Waals surface area contributed by atoms with Gasteiger partial charge in [-0.2, -0.15) is 0 Å². The van der Waals surface area contributed by atoms with Crippen molar-refractivity contribution < 1.29 is 14.5 Å². The number of carbonyl (C=O) groups is 1. The van der Waals surface area contributed by atoms with E-state index in [0.717, 1.165) is 0 Å². The fourth-order valence-corrected chi connectivity index (χ4v) is 1.08. The van der Waals surface area contributed by atoms with Crippen molar-refractivity contribution in [3.8, 4) is 0 Å². The van der Waals surface area contributed by atoms with E-state index in [-0.39, 0.29) is 12.0 Å². The Bertz CT molecular complexity index is 451. The van der Waals surface area contributed by atoms with Crippen LogP contribution in [-0.2, 0) is 16.0 Å². The van der Waals surface area contributed by atoms with Crippen molar-refractivity contribution in [3.05, 3.63) is 38.3 Å². The molecule has 0 aliphatic rings. The number of hydrogen-bond acceptors (Lipinski definition) is 5. The number of aromatic nitrogens is 1. The molecule has 0 fully saturated rings. The molecule has 1 rings (SSSR count). The van der Waals surface area contributed by atoms with E-state index in [1.807, 2.05) is 0 Å². The number of pyridine rings is 1. The van der Waals surface area contributed by atoms with Crippen LogP contribution in [0.1, 0.15) is 5.56 Å². The van der Waals surface area contributed by atoms with Gasteiger partial charge in [0.15, 0.2) is 0 Å². The maximum atomic E-state index is 11.1.